The van der Waals surface area contributed by atoms with E-state index in [9.17, 15) is 22.9 Å². The average molecular weight is 318 g/mol. The lowest BCUT2D eigenvalue weighted by molar-refractivity contribution is -0.387. The standard InChI is InChI=1S/C13H19FN2O4S/c1-4-6-10(5-2)15-21(19,20)11-7-9(3)13(14)12(8-11)16(17)18/h7-8,10,15H,4-6H2,1-3H3. The maximum absolute atomic E-state index is 13.6. The van der Waals surface area contributed by atoms with E-state index in [1.807, 2.05) is 13.8 Å². The van der Waals surface area contributed by atoms with Gasteiger partial charge < -0.3 is 0 Å². The van der Waals surface area contributed by atoms with Gasteiger partial charge in [-0.25, -0.2) is 13.1 Å². The zero-order valence-electron chi connectivity index (χ0n) is 12.2. The van der Waals surface area contributed by atoms with Gasteiger partial charge in [0.1, 0.15) is 0 Å². The van der Waals surface area contributed by atoms with Gasteiger partial charge in [-0.2, -0.15) is 4.39 Å². The lowest BCUT2D eigenvalue weighted by Crippen LogP contribution is -2.34. The minimum Gasteiger partial charge on any atom is -0.258 e. The van der Waals surface area contributed by atoms with Crippen molar-refractivity contribution in [1.82, 2.24) is 4.72 Å². The van der Waals surface area contributed by atoms with Crippen LogP contribution in [0, 0.1) is 22.9 Å². The zero-order valence-corrected chi connectivity index (χ0v) is 13.0. The first-order valence-corrected chi connectivity index (χ1v) is 8.18. The Kier molecular flexibility index (Phi) is 5.79. The van der Waals surface area contributed by atoms with Crippen molar-refractivity contribution in [3.63, 3.8) is 0 Å². The van der Waals surface area contributed by atoms with Crippen molar-refractivity contribution >= 4 is 15.7 Å². The molecule has 118 valence electrons. The molecule has 0 saturated carbocycles. The second-order valence-corrected chi connectivity index (χ2v) is 6.56. The third kappa shape index (κ3) is 4.21. The van der Waals surface area contributed by atoms with Gasteiger partial charge in [-0.05, 0) is 31.4 Å². The minimum absolute atomic E-state index is 0.0758. The van der Waals surface area contributed by atoms with Crippen LogP contribution in [0.5, 0.6) is 0 Å². The quantitative estimate of drug-likeness (QED) is 0.618. The maximum Gasteiger partial charge on any atom is 0.306 e. The molecule has 0 aromatic heterocycles. The second-order valence-electron chi connectivity index (χ2n) is 4.85. The van der Waals surface area contributed by atoms with Crippen LogP contribution in [0.2, 0.25) is 0 Å². The number of hydrogen-bond donors (Lipinski definition) is 1. The van der Waals surface area contributed by atoms with Gasteiger partial charge in [0.2, 0.25) is 15.8 Å². The molecule has 0 aliphatic rings. The van der Waals surface area contributed by atoms with Gasteiger partial charge in [-0.1, -0.05) is 20.3 Å². The normalized spacial score (nSPS) is 13.1. The fraction of sp³-hybridized carbons (Fsp3) is 0.538. The Morgan fingerprint density at radius 1 is 1.38 bits per heavy atom. The molecule has 0 aliphatic carbocycles. The van der Waals surface area contributed by atoms with Crippen molar-refractivity contribution in [1.29, 1.82) is 0 Å². The molecule has 1 N–H and O–H groups in total. The van der Waals surface area contributed by atoms with E-state index in [0.717, 1.165) is 18.6 Å². The maximum atomic E-state index is 13.6. The molecule has 21 heavy (non-hydrogen) atoms. The summed E-state index contributed by atoms with van der Waals surface area (Å²) in [6.45, 7) is 5.08. The summed E-state index contributed by atoms with van der Waals surface area (Å²) in [7, 11) is -3.91. The number of nitro groups is 1. The predicted molar refractivity (Wildman–Crippen MR) is 77.1 cm³/mol. The van der Waals surface area contributed by atoms with Gasteiger partial charge >= 0.3 is 5.69 Å². The lowest BCUT2D eigenvalue weighted by Gasteiger charge is -2.16. The summed E-state index contributed by atoms with van der Waals surface area (Å²) in [4.78, 5) is 9.57. The molecule has 1 unspecified atom stereocenters. The van der Waals surface area contributed by atoms with Crippen LogP contribution in [0.4, 0.5) is 10.1 Å². The summed E-state index contributed by atoms with van der Waals surface area (Å²) in [6.07, 6.45) is 2.08. The van der Waals surface area contributed by atoms with Crippen molar-refractivity contribution in [2.75, 3.05) is 0 Å². The molecule has 0 amide bonds. The molecule has 1 rings (SSSR count). The first-order chi connectivity index (χ1) is 9.72. The van der Waals surface area contributed by atoms with E-state index in [1.165, 1.54) is 6.92 Å². The molecule has 1 aromatic rings. The van der Waals surface area contributed by atoms with Crippen molar-refractivity contribution in [2.24, 2.45) is 0 Å². The van der Waals surface area contributed by atoms with Gasteiger partial charge in [0.05, 0.1) is 9.82 Å². The molecule has 0 saturated heterocycles. The van der Waals surface area contributed by atoms with Gasteiger partial charge in [-0.3, -0.25) is 10.1 Å². The number of rotatable bonds is 7. The summed E-state index contributed by atoms with van der Waals surface area (Å²) in [6, 6.07) is 1.61. The van der Waals surface area contributed by atoms with E-state index in [-0.39, 0.29) is 16.5 Å². The number of aryl methyl sites for hydroxylation is 1. The summed E-state index contributed by atoms with van der Waals surface area (Å²) in [5.41, 5.74) is -0.910. The van der Waals surface area contributed by atoms with Gasteiger partial charge in [-0.15, -0.1) is 0 Å². The van der Waals surface area contributed by atoms with Gasteiger partial charge in [0.25, 0.3) is 0 Å². The number of benzene rings is 1. The van der Waals surface area contributed by atoms with Crippen LogP contribution in [-0.4, -0.2) is 19.4 Å². The number of nitrogens with zero attached hydrogens (tertiary/aromatic N) is 1. The fourth-order valence-corrected chi connectivity index (χ4v) is 3.45. The predicted octanol–water partition coefficient (Wildman–Crippen LogP) is 2.90. The number of halogens is 1. The Bertz CT molecular complexity index is 631. The van der Waals surface area contributed by atoms with Crippen LogP contribution in [0.3, 0.4) is 0 Å². The van der Waals surface area contributed by atoms with Crippen LogP contribution in [-0.2, 0) is 10.0 Å². The van der Waals surface area contributed by atoms with Crippen molar-refractivity contribution in [3.05, 3.63) is 33.6 Å². The highest BCUT2D eigenvalue weighted by Crippen LogP contribution is 2.25. The van der Waals surface area contributed by atoms with Gasteiger partial charge in [0.15, 0.2) is 0 Å². The number of hydrogen-bond acceptors (Lipinski definition) is 4. The van der Waals surface area contributed by atoms with Crippen LogP contribution in [0.25, 0.3) is 0 Å². The largest absolute Gasteiger partial charge is 0.306 e. The lowest BCUT2D eigenvalue weighted by atomic mass is 10.1. The minimum atomic E-state index is -3.91. The highest BCUT2D eigenvalue weighted by Gasteiger charge is 2.25. The summed E-state index contributed by atoms with van der Waals surface area (Å²) in [5, 5.41) is 10.8. The van der Waals surface area contributed by atoms with E-state index < -0.39 is 26.5 Å². The van der Waals surface area contributed by atoms with Gasteiger partial charge in [0, 0.05) is 12.1 Å². The Labute approximate surface area is 123 Å². The molecule has 6 nitrogen and oxygen atoms in total. The van der Waals surface area contributed by atoms with Crippen molar-refractivity contribution in [3.8, 4) is 0 Å². The molecular weight excluding hydrogens is 299 g/mol. The van der Waals surface area contributed by atoms with Crippen molar-refractivity contribution < 1.29 is 17.7 Å². The first kappa shape index (κ1) is 17.5. The molecule has 1 aromatic carbocycles. The van der Waals surface area contributed by atoms with Crippen LogP contribution >= 0.6 is 0 Å². The third-order valence-corrected chi connectivity index (χ3v) is 4.67. The topological polar surface area (TPSA) is 89.3 Å². The number of nitro benzene ring substituents is 1. The van der Waals surface area contributed by atoms with E-state index in [1.54, 1.807) is 0 Å². The summed E-state index contributed by atoms with van der Waals surface area (Å²) >= 11 is 0. The number of nitrogens with one attached hydrogen (secondary N) is 1. The average Bonchev–Trinajstić information content (AvgIpc) is 2.40. The molecule has 0 spiro atoms. The van der Waals surface area contributed by atoms with E-state index in [2.05, 4.69) is 4.72 Å². The molecular formula is C13H19FN2O4S. The Balaban J connectivity index is 3.23. The smallest absolute Gasteiger partial charge is 0.258 e. The van der Waals surface area contributed by atoms with Crippen LogP contribution in [0.1, 0.15) is 38.7 Å². The summed E-state index contributed by atoms with van der Waals surface area (Å²) < 4.78 is 40.6. The first-order valence-electron chi connectivity index (χ1n) is 6.69. The second kappa shape index (κ2) is 6.95. The van der Waals surface area contributed by atoms with E-state index in [0.29, 0.717) is 12.8 Å². The number of sulfonamides is 1. The van der Waals surface area contributed by atoms with Crippen LogP contribution < -0.4 is 4.72 Å². The zero-order chi connectivity index (χ0) is 16.2. The summed E-state index contributed by atoms with van der Waals surface area (Å²) in [5.74, 6) is -1.01. The van der Waals surface area contributed by atoms with E-state index >= 15 is 0 Å². The van der Waals surface area contributed by atoms with Crippen molar-refractivity contribution in [2.45, 2.75) is 51.0 Å². The molecule has 0 bridgehead atoms. The monoisotopic (exact) mass is 318 g/mol. The highest BCUT2D eigenvalue weighted by molar-refractivity contribution is 7.89. The SMILES string of the molecule is CCCC(CC)NS(=O)(=O)c1cc(C)c(F)c([N+](=O)[O-])c1. The molecule has 8 heteroatoms. The molecule has 0 fully saturated rings. The Morgan fingerprint density at radius 2 is 2.00 bits per heavy atom. The fourth-order valence-electron chi connectivity index (χ4n) is 1.99. The molecule has 1 atom stereocenters. The molecule has 0 radical (unpaired) electrons. The Hall–Kier alpha value is -1.54. The molecule has 0 aliphatic heterocycles. The highest BCUT2D eigenvalue weighted by atomic mass is 32.2. The molecule has 0 heterocycles. The third-order valence-electron chi connectivity index (χ3n) is 3.17. The van der Waals surface area contributed by atoms with Crippen LogP contribution in [0.15, 0.2) is 17.0 Å². The Morgan fingerprint density at radius 3 is 2.48 bits per heavy atom. The van der Waals surface area contributed by atoms with E-state index in [4.69, 9.17) is 0 Å².